The SMILES string of the molecule is O=C(CCCN1CC2CCCC2C1)c1ccccc1. The van der Waals surface area contributed by atoms with Crippen molar-refractivity contribution in [3.05, 3.63) is 35.9 Å². The summed E-state index contributed by atoms with van der Waals surface area (Å²) in [6.45, 7) is 3.67. The minimum absolute atomic E-state index is 0.292. The molecule has 1 saturated heterocycles. The van der Waals surface area contributed by atoms with Gasteiger partial charge in [-0.3, -0.25) is 4.79 Å². The number of hydrogen-bond donors (Lipinski definition) is 0. The van der Waals surface area contributed by atoms with Crippen LogP contribution in [0.1, 0.15) is 42.5 Å². The summed E-state index contributed by atoms with van der Waals surface area (Å²) in [5.74, 6) is 2.22. The third-order valence-corrected chi connectivity index (χ3v) is 4.78. The summed E-state index contributed by atoms with van der Waals surface area (Å²) in [4.78, 5) is 14.6. The molecule has 0 spiro atoms. The lowest BCUT2D eigenvalue weighted by molar-refractivity contribution is 0.0975. The smallest absolute Gasteiger partial charge is 0.162 e. The van der Waals surface area contributed by atoms with Crippen molar-refractivity contribution in [1.82, 2.24) is 4.90 Å². The van der Waals surface area contributed by atoms with Crippen LogP contribution in [0.4, 0.5) is 0 Å². The van der Waals surface area contributed by atoms with E-state index in [-0.39, 0.29) is 0 Å². The Labute approximate surface area is 115 Å². The molecule has 0 radical (unpaired) electrons. The molecule has 1 aliphatic heterocycles. The Hall–Kier alpha value is -1.15. The van der Waals surface area contributed by atoms with E-state index in [1.165, 1.54) is 32.4 Å². The molecule has 1 aromatic carbocycles. The van der Waals surface area contributed by atoms with Crippen LogP contribution in [-0.2, 0) is 0 Å². The van der Waals surface area contributed by atoms with Gasteiger partial charge in [-0.1, -0.05) is 36.8 Å². The first kappa shape index (κ1) is 12.9. The van der Waals surface area contributed by atoms with Gasteiger partial charge in [0.1, 0.15) is 0 Å². The first-order valence-electron chi connectivity index (χ1n) is 7.63. The fourth-order valence-corrected chi connectivity index (χ4v) is 3.75. The number of carbonyl (C=O) groups is 1. The van der Waals surface area contributed by atoms with Crippen molar-refractivity contribution >= 4 is 5.78 Å². The van der Waals surface area contributed by atoms with Crippen molar-refractivity contribution in [2.24, 2.45) is 11.8 Å². The quantitative estimate of drug-likeness (QED) is 0.754. The highest BCUT2D eigenvalue weighted by molar-refractivity contribution is 5.95. The largest absolute Gasteiger partial charge is 0.303 e. The summed E-state index contributed by atoms with van der Waals surface area (Å²) >= 11 is 0. The number of likely N-dealkylation sites (tertiary alicyclic amines) is 1. The van der Waals surface area contributed by atoms with Crippen LogP contribution in [0.25, 0.3) is 0 Å². The zero-order chi connectivity index (χ0) is 13.1. The third-order valence-electron chi connectivity index (χ3n) is 4.78. The molecule has 0 bridgehead atoms. The normalized spacial score (nSPS) is 26.5. The topological polar surface area (TPSA) is 20.3 Å². The van der Waals surface area contributed by atoms with Crippen LogP contribution in [0.3, 0.4) is 0 Å². The molecule has 2 atom stereocenters. The molecule has 1 aliphatic carbocycles. The van der Waals surface area contributed by atoms with Crippen molar-refractivity contribution in [3.8, 4) is 0 Å². The van der Waals surface area contributed by atoms with Crippen LogP contribution in [0.5, 0.6) is 0 Å². The van der Waals surface area contributed by atoms with E-state index >= 15 is 0 Å². The van der Waals surface area contributed by atoms with E-state index < -0.39 is 0 Å². The summed E-state index contributed by atoms with van der Waals surface area (Å²) in [5, 5.41) is 0. The first-order valence-corrected chi connectivity index (χ1v) is 7.63. The van der Waals surface area contributed by atoms with E-state index in [1.54, 1.807) is 0 Å². The lowest BCUT2D eigenvalue weighted by Crippen LogP contribution is -2.23. The van der Waals surface area contributed by atoms with Gasteiger partial charge in [-0.25, -0.2) is 0 Å². The summed E-state index contributed by atoms with van der Waals surface area (Å²) in [6.07, 6.45) is 6.01. The van der Waals surface area contributed by atoms with E-state index in [4.69, 9.17) is 0 Å². The average molecular weight is 257 g/mol. The fourth-order valence-electron chi connectivity index (χ4n) is 3.75. The van der Waals surface area contributed by atoms with Gasteiger partial charge in [0.05, 0.1) is 0 Å². The lowest BCUT2D eigenvalue weighted by atomic mass is 10.0. The predicted octanol–water partition coefficient (Wildman–Crippen LogP) is 3.38. The Morgan fingerprint density at radius 1 is 1.11 bits per heavy atom. The zero-order valence-electron chi connectivity index (χ0n) is 11.6. The van der Waals surface area contributed by atoms with Crippen LogP contribution in [-0.4, -0.2) is 30.3 Å². The molecule has 2 fully saturated rings. The van der Waals surface area contributed by atoms with Gasteiger partial charge >= 0.3 is 0 Å². The molecule has 1 aromatic rings. The summed E-state index contributed by atoms with van der Waals surface area (Å²) in [6, 6.07) is 9.68. The van der Waals surface area contributed by atoms with Gasteiger partial charge in [-0.15, -0.1) is 0 Å². The molecule has 3 rings (SSSR count). The number of carbonyl (C=O) groups excluding carboxylic acids is 1. The molecule has 1 saturated carbocycles. The molecular formula is C17H23NO. The number of hydrogen-bond acceptors (Lipinski definition) is 2. The predicted molar refractivity (Wildman–Crippen MR) is 77.3 cm³/mol. The standard InChI is InChI=1S/C17H23NO/c19-17(14-6-2-1-3-7-14)10-5-11-18-12-15-8-4-9-16(15)13-18/h1-3,6-7,15-16H,4-5,8-13H2. The van der Waals surface area contributed by atoms with E-state index in [0.29, 0.717) is 12.2 Å². The Morgan fingerprint density at radius 3 is 2.47 bits per heavy atom. The van der Waals surface area contributed by atoms with Gasteiger partial charge in [0.25, 0.3) is 0 Å². The second-order valence-corrected chi connectivity index (χ2v) is 6.10. The van der Waals surface area contributed by atoms with E-state index in [2.05, 4.69) is 4.90 Å². The van der Waals surface area contributed by atoms with Gasteiger partial charge in [0, 0.05) is 25.1 Å². The molecule has 2 heteroatoms. The van der Waals surface area contributed by atoms with Crippen molar-refractivity contribution in [2.75, 3.05) is 19.6 Å². The van der Waals surface area contributed by atoms with E-state index in [9.17, 15) is 4.79 Å². The molecule has 2 unspecified atom stereocenters. The monoisotopic (exact) mass is 257 g/mol. The maximum absolute atomic E-state index is 12.0. The molecule has 19 heavy (non-hydrogen) atoms. The van der Waals surface area contributed by atoms with Gasteiger partial charge in [0.15, 0.2) is 5.78 Å². The van der Waals surface area contributed by atoms with Crippen LogP contribution in [0, 0.1) is 11.8 Å². The summed E-state index contributed by atoms with van der Waals surface area (Å²) in [5.41, 5.74) is 0.862. The summed E-state index contributed by atoms with van der Waals surface area (Å²) in [7, 11) is 0. The first-order chi connectivity index (χ1) is 9.33. The lowest BCUT2D eigenvalue weighted by Gasteiger charge is -2.16. The van der Waals surface area contributed by atoms with E-state index in [1.807, 2.05) is 30.3 Å². The Kier molecular flexibility index (Phi) is 3.97. The van der Waals surface area contributed by atoms with Crippen LogP contribution in [0.15, 0.2) is 30.3 Å². The molecule has 102 valence electrons. The molecule has 0 N–H and O–H groups in total. The number of ketones is 1. The average Bonchev–Trinajstić information content (AvgIpc) is 3.00. The molecule has 2 aliphatic rings. The van der Waals surface area contributed by atoms with Gasteiger partial charge in [0.2, 0.25) is 0 Å². The van der Waals surface area contributed by atoms with Gasteiger partial charge in [-0.05, 0) is 37.6 Å². The minimum atomic E-state index is 0.292. The number of Topliss-reactive ketones (excluding diaryl/α,β-unsaturated/α-hetero) is 1. The molecule has 0 aromatic heterocycles. The van der Waals surface area contributed by atoms with Crippen molar-refractivity contribution < 1.29 is 4.79 Å². The second kappa shape index (κ2) is 5.87. The molecule has 2 nitrogen and oxygen atoms in total. The zero-order valence-corrected chi connectivity index (χ0v) is 11.6. The maximum atomic E-state index is 12.0. The fraction of sp³-hybridized carbons (Fsp3) is 0.588. The third kappa shape index (κ3) is 3.06. The Morgan fingerprint density at radius 2 is 1.79 bits per heavy atom. The van der Waals surface area contributed by atoms with Gasteiger partial charge in [-0.2, -0.15) is 0 Å². The molecule has 0 amide bonds. The number of rotatable bonds is 5. The maximum Gasteiger partial charge on any atom is 0.162 e. The Balaban J connectivity index is 1.41. The van der Waals surface area contributed by atoms with Crippen LogP contribution in [0.2, 0.25) is 0 Å². The van der Waals surface area contributed by atoms with Crippen molar-refractivity contribution in [1.29, 1.82) is 0 Å². The van der Waals surface area contributed by atoms with Crippen molar-refractivity contribution in [3.63, 3.8) is 0 Å². The van der Waals surface area contributed by atoms with E-state index in [0.717, 1.165) is 30.4 Å². The Bertz CT molecular complexity index is 416. The molecule has 1 heterocycles. The van der Waals surface area contributed by atoms with Crippen LogP contribution < -0.4 is 0 Å². The highest BCUT2D eigenvalue weighted by atomic mass is 16.1. The number of fused-ring (bicyclic) bond motifs is 1. The minimum Gasteiger partial charge on any atom is -0.303 e. The van der Waals surface area contributed by atoms with Crippen molar-refractivity contribution in [2.45, 2.75) is 32.1 Å². The highest BCUT2D eigenvalue weighted by Crippen LogP contribution is 2.37. The highest BCUT2D eigenvalue weighted by Gasteiger charge is 2.35. The van der Waals surface area contributed by atoms with Crippen LogP contribution >= 0.6 is 0 Å². The summed E-state index contributed by atoms with van der Waals surface area (Å²) < 4.78 is 0. The molecular weight excluding hydrogens is 234 g/mol. The second-order valence-electron chi connectivity index (χ2n) is 6.10. The number of benzene rings is 1. The van der Waals surface area contributed by atoms with Gasteiger partial charge < -0.3 is 4.90 Å². The number of nitrogens with zero attached hydrogens (tertiary/aromatic N) is 1.